The van der Waals surface area contributed by atoms with Crippen molar-refractivity contribution in [2.24, 2.45) is 0 Å². The predicted molar refractivity (Wildman–Crippen MR) is 77.8 cm³/mol. The molecule has 0 spiro atoms. The van der Waals surface area contributed by atoms with E-state index in [0.29, 0.717) is 5.02 Å². The molecule has 0 saturated heterocycles. The predicted octanol–water partition coefficient (Wildman–Crippen LogP) is 4.66. The largest absolute Gasteiger partial charge is 0.478 e. The number of halogens is 1. The molecule has 0 saturated carbocycles. The molecule has 2 aromatic rings. The van der Waals surface area contributed by atoms with E-state index in [-0.39, 0.29) is 5.56 Å². The summed E-state index contributed by atoms with van der Waals surface area (Å²) in [4.78, 5) is 11.0. The van der Waals surface area contributed by atoms with Gasteiger partial charge in [0.1, 0.15) is 0 Å². The summed E-state index contributed by atoms with van der Waals surface area (Å²) in [6.07, 6.45) is 2.15. The highest BCUT2D eigenvalue weighted by Gasteiger charge is 2.09. The van der Waals surface area contributed by atoms with Gasteiger partial charge in [0.25, 0.3) is 0 Å². The number of benzene rings is 2. The second kappa shape index (κ2) is 5.89. The van der Waals surface area contributed by atoms with Crippen molar-refractivity contribution in [3.05, 3.63) is 58.6 Å². The lowest BCUT2D eigenvalue weighted by atomic mass is 10.0. The first kappa shape index (κ1) is 13.6. The summed E-state index contributed by atoms with van der Waals surface area (Å²) in [5.41, 5.74) is 3.21. The van der Waals surface area contributed by atoms with E-state index >= 15 is 0 Å². The molecule has 0 atom stereocenters. The maximum atomic E-state index is 11.0. The molecule has 0 aliphatic carbocycles. The first-order valence-electron chi connectivity index (χ1n) is 6.24. The van der Waals surface area contributed by atoms with Gasteiger partial charge in [-0.3, -0.25) is 0 Å². The molecule has 2 nitrogen and oxygen atoms in total. The van der Waals surface area contributed by atoms with Gasteiger partial charge in [0.15, 0.2) is 0 Å². The molecule has 0 unspecified atom stereocenters. The van der Waals surface area contributed by atoms with Crippen molar-refractivity contribution >= 4 is 17.6 Å². The van der Waals surface area contributed by atoms with Crippen LogP contribution in [-0.2, 0) is 6.42 Å². The highest BCUT2D eigenvalue weighted by atomic mass is 35.5. The molecule has 0 amide bonds. The maximum absolute atomic E-state index is 11.0. The minimum absolute atomic E-state index is 0.247. The highest BCUT2D eigenvalue weighted by Crippen LogP contribution is 2.29. The molecule has 2 rings (SSSR count). The molecule has 0 fully saturated rings. The van der Waals surface area contributed by atoms with E-state index in [1.54, 1.807) is 12.1 Å². The van der Waals surface area contributed by atoms with Crippen molar-refractivity contribution in [3.63, 3.8) is 0 Å². The highest BCUT2D eigenvalue weighted by molar-refractivity contribution is 6.33. The Kier molecular flexibility index (Phi) is 4.23. The van der Waals surface area contributed by atoms with E-state index in [0.717, 1.165) is 24.0 Å². The third kappa shape index (κ3) is 3.15. The summed E-state index contributed by atoms with van der Waals surface area (Å²) >= 11 is 6.14. The van der Waals surface area contributed by atoms with E-state index in [2.05, 4.69) is 19.1 Å². The third-order valence-electron chi connectivity index (χ3n) is 3.02. The van der Waals surface area contributed by atoms with Crippen LogP contribution in [0.2, 0.25) is 5.02 Å². The van der Waals surface area contributed by atoms with Crippen molar-refractivity contribution in [2.45, 2.75) is 19.8 Å². The van der Waals surface area contributed by atoms with Gasteiger partial charge in [-0.15, -0.1) is 0 Å². The Morgan fingerprint density at radius 1 is 1.16 bits per heavy atom. The Bertz CT molecular complexity index is 588. The smallest absolute Gasteiger partial charge is 0.335 e. The van der Waals surface area contributed by atoms with Gasteiger partial charge in [0, 0.05) is 10.6 Å². The SMILES string of the molecule is CCCc1ccc(-c2cc(C(=O)O)ccc2Cl)cc1. The van der Waals surface area contributed by atoms with E-state index in [4.69, 9.17) is 16.7 Å². The minimum Gasteiger partial charge on any atom is -0.478 e. The van der Waals surface area contributed by atoms with Crippen LogP contribution >= 0.6 is 11.6 Å². The van der Waals surface area contributed by atoms with Crippen LogP contribution in [0.15, 0.2) is 42.5 Å². The normalized spacial score (nSPS) is 10.4. The molecule has 0 radical (unpaired) electrons. The van der Waals surface area contributed by atoms with Crippen molar-refractivity contribution in [1.29, 1.82) is 0 Å². The van der Waals surface area contributed by atoms with E-state index in [1.165, 1.54) is 11.6 Å². The molecule has 0 heterocycles. The van der Waals surface area contributed by atoms with Crippen molar-refractivity contribution in [1.82, 2.24) is 0 Å². The van der Waals surface area contributed by atoms with Crippen LogP contribution in [0, 0.1) is 0 Å². The first-order chi connectivity index (χ1) is 9.11. The third-order valence-corrected chi connectivity index (χ3v) is 3.35. The van der Waals surface area contributed by atoms with Gasteiger partial charge >= 0.3 is 5.97 Å². The Balaban J connectivity index is 2.40. The maximum Gasteiger partial charge on any atom is 0.335 e. The summed E-state index contributed by atoms with van der Waals surface area (Å²) in [6.45, 7) is 2.14. The van der Waals surface area contributed by atoms with Crippen LogP contribution in [0.3, 0.4) is 0 Å². The average Bonchev–Trinajstić information content (AvgIpc) is 2.40. The van der Waals surface area contributed by atoms with Gasteiger partial charge < -0.3 is 5.11 Å². The molecular formula is C16H15ClO2. The number of carboxylic acids is 1. The van der Waals surface area contributed by atoms with Gasteiger partial charge in [-0.1, -0.05) is 49.2 Å². The second-order valence-corrected chi connectivity index (χ2v) is 4.85. The van der Waals surface area contributed by atoms with Crippen LogP contribution in [-0.4, -0.2) is 11.1 Å². The molecule has 0 aliphatic heterocycles. The molecule has 0 bridgehead atoms. The second-order valence-electron chi connectivity index (χ2n) is 4.45. The van der Waals surface area contributed by atoms with Crippen LogP contribution in [0.4, 0.5) is 0 Å². The van der Waals surface area contributed by atoms with Gasteiger partial charge in [-0.2, -0.15) is 0 Å². The molecule has 0 aliphatic rings. The van der Waals surface area contributed by atoms with Crippen LogP contribution < -0.4 is 0 Å². The summed E-state index contributed by atoms with van der Waals surface area (Å²) < 4.78 is 0. The van der Waals surface area contributed by atoms with Gasteiger partial charge in [0.05, 0.1) is 5.56 Å². The van der Waals surface area contributed by atoms with Crippen molar-refractivity contribution in [2.75, 3.05) is 0 Å². The van der Waals surface area contributed by atoms with Gasteiger partial charge in [0.2, 0.25) is 0 Å². The summed E-state index contributed by atoms with van der Waals surface area (Å²) in [6, 6.07) is 12.8. The summed E-state index contributed by atoms with van der Waals surface area (Å²) in [7, 11) is 0. The molecule has 98 valence electrons. The molecule has 3 heteroatoms. The zero-order chi connectivity index (χ0) is 13.8. The van der Waals surface area contributed by atoms with E-state index in [9.17, 15) is 4.79 Å². The molecule has 19 heavy (non-hydrogen) atoms. The number of aromatic carboxylic acids is 1. The summed E-state index contributed by atoms with van der Waals surface area (Å²) in [5, 5.41) is 9.58. The van der Waals surface area contributed by atoms with Gasteiger partial charge in [-0.25, -0.2) is 4.79 Å². The zero-order valence-electron chi connectivity index (χ0n) is 10.7. The van der Waals surface area contributed by atoms with Crippen LogP contribution in [0.25, 0.3) is 11.1 Å². The number of hydrogen-bond donors (Lipinski definition) is 1. The number of rotatable bonds is 4. The standard InChI is InChI=1S/C16H15ClO2/c1-2-3-11-4-6-12(7-5-11)14-10-13(16(18)19)8-9-15(14)17/h4-10H,2-3H2,1H3,(H,18,19). The van der Waals surface area contributed by atoms with Gasteiger partial charge in [-0.05, 0) is 35.7 Å². The Labute approximate surface area is 117 Å². The number of aryl methyl sites for hydroxylation is 1. The quantitative estimate of drug-likeness (QED) is 0.880. The van der Waals surface area contributed by atoms with Crippen LogP contribution in [0.1, 0.15) is 29.3 Å². The molecular weight excluding hydrogens is 260 g/mol. The topological polar surface area (TPSA) is 37.3 Å². The fourth-order valence-corrected chi connectivity index (χ4v) is 2.25. The lowest BCUT2D eigenvalue weighted by molar-refractivity contribution is 0.0697. The summed E-state index contributed by atoms with van der Waals surface area (Å²) in [5.74, 6) is -0.944. The fraction of sp³-hybridized carbons (Fsp3) is 0.188. The van der Waals surface area contributed by atoms with Crippen LogP contribution in [0.5, 0.6) is 0 Å². The van der Waals surface area contributed by atoms with Crippen molar-refractivity contribution in [3.8, 4) is 11.1 Å². The number of hydrogen-bond acceptors (Lipinski definition) is 1. The monoisotopic (exact) mass is 274 g/mol. The first-order valence-corrected chi connectivity index (χ1v) is 6.61. The zero-order valence-corrected chi connectivity index (χ0v) is 11.4. The van der Waals surface area contributed by atoms with E-state index < -0.39 is 5.97 Å². The minimum atomic E-state index is -0.944. The van der Waals surface area contributed by atoms with Crippen molar-refractivity contribution < 1.29 is 9.90 Å². The van der Waals surface area contributed by atoms with E-state index in [1.807, 2.05) is 12.1 Å². The molecule has 1 N–H and O–H groups in total. The Hall–Kier alpha value is -1.80. The number of carboxylic acid groups (broad SMARTS) is 1. The lowest BCUT2D eigenvalue weighted by Crippen LogP contribution is -1.96. The fourth-order valence-electron chi connectivity index (χ4n) is 2.02. The number of carbonyl (C=O) groups is 1. The Morgan fingerprint density at radius 2 is 1.84 bits per heavy atom. The molecule has 2 aromatic carbocycles. The Morgan fingerprint density at radius 3 is 2.42 bits per heavy atom. The average molecular weight is 275 g/mol. The lowest BCUT2D eigenvalue weighted by Gasteiger charge is -2.07. The molecule has 0 aromatic heterocycles.